The van der Waals surface area contributed by atoms with Gasteiger partial charge in [-0.25, -0.2) is 4.79 Å². The molecule has 0 aromatic carbocycles. The Morgan fingerprint density at radius 2 is 2.26 bits per heavy atom. The molecule has 0 atom stereocenters. The molecule has 0 spiro atoms. The van der Waals surface area contributed by atoms with E-state index < -0.39 is 5.97 Å². The Morgan fingerprint density at radius 3 is 2.84 bits per heavy atom. The molecule has 0 aliphatic heterocycles. The van der Waals surface area contributed by atoms with E-state index in [4.69, 9.17) is 5.11 Å². The predicted molar refractivity (Wildman–Crippen MR) is 67.6 cm³/mol. The van der Waals surface area contributed by atoms with Crippen molar-refractivity contribution < 1.29 is 14.7 Å². The van der Waals surface area contributed by atoms with E-state index in [1.807, 2.05) is 7.05 Å². The zero-order valence-electron chi connectivity index (χ0n) is 11.2. The second kappa shape index (κ2) is 7.34. The Morgan fingerprint density at radius 1 is 1.53 bits per heavy atom. The van der Waals surface area contributed by atoms with Gasteiger partial charge in [0.2, 0.25) is 0 Å². The molecule has 0 fully saturated rings. The number of urea groups is 1. The zero-order chi connectivity index (χ0) is 14.3. The van der Waals surface area contributed by atoms with Crippen molar-refractivity contribution in [1.29, 1.82) is 0 Å². The smallest absolute Gasteiger partial charge is 0.317 e. The van der Waals surface area contributed by atoms with Crippen LogP contribution in [0.4, 0.5) is 4.79 Å². The summed E-state index contributed by atoms with van der Waals surface area (Å²) in [5.41, 5.74) is 0. The predicted octanol–water partition coefficient (Wildman–Crippen LogP) is -0.136. The summed E-state index contributed by atoms with van der Waals surface area (Å²) in [6.45, 7) is 0.886. The molecule has 1 aromatic rings. The normalized spacial score (nSPS) is 10.2. The van der Waals surface area contributed by atoms with Gasteiger partial charge in [0.05, 0.1) is 0 Å². The van der Waals surface area contributed by atoms with E-state index in [-0.39, 0.29) is 12.5 Å². The van der Waals surface area contributed by atoms with Crippen LogP contribution in [0.3, 0.4) is 0 Å². The standard InChI is InChI=1S/C11H19N5O3/c1-15(7-3-4-10(17)18)11(19)12-6-5-9-14-13-8-16(9)2/h8H,3-7H2,1-2H3,(H,12,19)(H,17,18). The van der Waals surface area contributed by atoms with Gasteiger partial charge in [0.15, 0.2) is 0 Å². The van der Waals surface area contributed by atoms with Crippen LogP contribution in [0.5, 0.6) is 0 Å². The van der Waals surface area contributed by atoms with Gasteiger partial charge >= 0.3 is 12.0 Å². The van der Waals surface area contributed by atoms with Crippen molar-refractivity contribution in [3.05, 3.63) is 12.2 Å². The number of carbonyl (C=O) groups excluding carboxylic acids is 1. The van der Waals surface area contributed by atoms with E-state index in [9.17, 15) is 9.59 Å². The largest absolute Gasteiger partial charge is 0.481 e. The minimum atomic E-state index is -0.851. The molecule has 2 amide bonds. The van der Waals surface area contributed by atoms with Crippen molar-refractivity contribution in [2.75, 3.05) is 20.1 Å². The first-order chi connectivity index (χ1) is 9.00. The molecule has 8 nitrogen and oxygen atoms in total. The molecule has 1 heterocycles. The van der Waals surface area contributed by atoms with Gasteiger partial charge in [-0.3, -0.25) is 4.79 Å². The van der Waals surface area contributed by atoms with E-state index in [0.29, 0.717) is 25.9 Å². The third-order valence-electron chi connectivity index (χ3n) is 2.66. The average molecular weight is 269 g/mol. The number of hydrogen-bond donors (Lipinski definition) is 2. The lowest BCUT2D eigenvalue weighted by molar-refractivity contribution is -0.137. The minimum absolute atomic E-state index is 0.0660. The summed E-state index contributed by atoms with van der Waals surface area (Å²) in [5, 5.41) is 18.9. The van der Waals surface area contributed by atoms with Crippen molar-refractivity contribution in [2.45, 2.75) is 19.3 Å². The molecule has 0 radical (unpaired) electrons. The van der Waals surface area contributed by atoms with E-state index in [2.05, 4.69) is 15.5 Å². The van der Waals surface area contributed by atoms with Crippen LogP contribution in [-0.4, -0.2) is 56.9 Å². The van der Waals surface area contributed by atoms with Crippen molar-refractivity contribution in [1.82, 2.24) is 25.0 Å². The average Bonchev–Trinajstić information content (AvgIpc) is 2.74. The Kier molecular flexibility index (Phi) is 5.77. The molecule has 1 rings (SSSR count). The van der Waals surface area contributed by atoms with Gasteiger partial charge < -0.3 is 19.9 Å². The number of aromatic nitrogens is 3. The molecule has 19 heavy (non-hydrogen) atoms. The summed E-state index contributed by atoms with van der Waals surface area (Å²) in [6, 6.07) is -0.215. The third kappa shape index (κ3) is 5.36. The maximum atomic E-state index is 11.7. The topological polar surface area (TPSA) is 100 Å². The van der Waals surface area contributed by atoms with Crippen molar-refractivity contribution in [2.24, 2.45) is 7.05 Å². The highest BCUT2D eigenvalue weighted by molar-refractivity contribution is 5.73. The monoisotopic (exact) mass is 269 g/mol. The summed E-state index contributed by atoms with van der Waals surface area (Å²) >= 11 is 0. The Bertz CT molecular complexity index is 432. The molecule has 1 aromatic heterocycles. The van der Waals surface area contributed by atoms with Crippen LogP contribution in [0.2, 0.25) is 0 Å². The molecular formula is C11H19N5O3. The molecular weight excluding hydrogens is 250 g/mol. The van der Waals surface area contributed by atoms with Gasteiger partial charge in [0.1, 0.15) is 12.2 Å². The SMILES string of the molecule is CN(CCCC(=O)O)C(=O)NCCc1nncn1C. The van der Waals surface area contributed by atoms with Crippen LogP contribution in [0.25, 0.3) is 0 Å². The first-order valence-corrected chi connectivity index (χ1v) is 6.04. The van der Waals surface area contributed by atoms with Gasteiger partial charge in [-0.2, -0.15) is 0 Å². The number of carboxylic acid groups (broad SMARTS) is 1. The van der Waals surface area contributed by atoms with Gasteiger partial charge in [-0.15, -0.1) is 10.2 Å². The number of carbonyl (C=O) groups is 2. The molecule has 2 N–H and O–H groups in total. The molecule has 0 saturated carbocycles. The van der Waals surface area contributed by atoms with Crippen LogP contribution in [0.15, 0.2) is 6.33 Å². The van der Waals surface area contributed by atoms with Crippen molar-refractivity contribution >= 4 is 12.0 Å². The number of amides is 2. The first-order valence-electron chi connectivity index (χ1n) is 6.04. The lowest BCUT2D eigenvalue weighted by atomic mass is 10.3. The Balaban J connectivity index is 2.19. The molecule has 8 heteroatoms. The number of nitrogens with zero attached hydrogens (tertiary/aromatic N) is 4. The molecule has 0 saturated heterocycles. The van der Waals surface area contributed by atoms with E-state index >= 15 is 0 Å². The number of carboxylic acids is 1. The van der Waals surface area contributed by atoms with Gasteiger partial charge in [0.25, 0.3) is 0 Å². The van der Waals surface area contributed by atoms with E-state index in [1.165, 1.54) is 4.90 Å². The summed E-state index contributed by atoms with van der Waals surface area (Å²) in [5.74, 6) is -0.0510. The maximum Gasteiger partial charge on any atom is 0.317 e. The number of rotatable bonds is 7. The van der Waals surface area contributed by atoms with Gasteiger partial charge in [0, 0.05) is 40.0 Å². The third-order valence-corrected chi connectivity index (χ3v) is 2.66. The van der Waals surface area contributed by atoms with Crippen LogP contribution < -0.4 is 5.32 Å². The zero-order valence-corrected chi connectivity index (χ0v) is 11.2. The molecule has 0 aliphatic rings. The summed E-state index contributed by atoms with van der Waals surface area (Å²) < 4.78 is 1.79. The van der Waals surface area contributed by atoms with E-state index in [0.717, 1.165) is 5.82 Å². The molecule has 0 bridgehead atoms. The number of aliphatic carboxylic acids is 1. The number of aryl methyl sites for hydroxylation is 1. The second-order valence-electron chi connectivity index (χ2n) is 4.26. The lowest BCUT2D eigenvalue weighted by Crippen LogP contribution is -2.39. The Hall–Kier alpha value is -2.12. The van der Waals surface area contributed by atoms with Crippen molar-refractivity contribution in [3.8, 4) is 0 Å². The van der Waals surface area contributed by atoms with Crippen LogP contribution in [-0.2, 0) is 18.3 Å². The van der Waals surface area contributed by atoms with Crippen LogP contribution >= 0.6 is 0 Å². The van der Waals surface area contributed by atoms with Gasteiger partial charge in [-0.05, 0) is 6.42 Å². The van der Waals surface area contributed by atoms with E-state index in [1.54, 1.807) is 17.9 Å². The quantitative estimate of drug-likeness (QED) is 0.717. The summed E-state index contributed by atoms with van der Waals surface area (Å²) in [4.78, 5) is 23.5. The highest BCUT2D eigenvalue weighted by atomic mass is 16.4. The second-order valence-corrected chi connectivity index (χ2v) is 4.26. The number of hydrogen-bond acceptors (Lipinski definition) is 4. The fourth-order valence-corrected chi connectivity index (χ4v) is 1.52. The highest BCUT2D eigenvalue weighted by Crippen LogP contribution is 1.95. The molecule has 106 valence electrons. The van der Waals surface area contributed by atoms with Crippen LogP contribution in [0, 0.1) is 0 Å². The number of nitrogens with one attached hydrogen (secondary N) is 1. The van der Waals surface area contributed by atoms with Gasteiger partial charge in [-0.1, -0.05) is 0 Å². The Labute approximate surface area is 111 Å². The first kappa shape index (κ1) is 14.9. The van der Waals surface area contributed by atoms with Crippen molar-refractivity contribution in [3.63, 3.8) is 0 Å². The minimum Gasteiger partial charge on any atom is -0.481 e. The molecule has 0 aliphatic carbocycles. The highest BCUT2D eigenvalue weighted by Gasteiger charge is 2.09. The maximum absolute atomic E-state index is 11.7. The summed E-state index contributed by atoms with van der Waals surface area (Å²) in [7, 11) is 3.48. The molecule has 0 unspecified atom stereocenters. The van der Waals surface area contributed by atoms with Crippen LogP contribution in [0.1, 0.15) is 18.7 Å². The lowest BCUT2D eigenvalue weighted by Gasteiger charge is -2.17. The fraction of sp³-hybridized carbons (Fsp3) is 0.636. The fourth-order valence-electron chi connectivity index (χ4n) is 1.52. The summed E-state index contributed by atoms with van der Waals surface area (Å²) in [6.07, 6.45) is 2.72.